The summed E-state index contributed by atoms with van der Waals surface area (Å²) in [5.41, 5.74) is 21.8. The Morgan fingerprint density at radius 2 is 1.19 bits per heavy atom. The molecule has 0 spiro atoms. The van der Waals surface area contributed by atoms with Gasteiger partial charge in [-0.05, 0) is 93.7 Å². The SMILES string of the molecule is CC(C)[C@@H]1NC(=O)[C@H](CCCN)NC(=O)[C@H](Cc2c[nH]c3ccccc23)NC(=O)[C@H](Cc2ccc(O)cc2)NC(=O)[C@@H](NC(=O)[C@H](N)Cc2ccc3ccccc3c2)CSSC[C@@H](C(=O)N[C@H](Cc2ccc3ccccc3c2)C(N)=O)NC1=O. The van der Waals surface area contributed by atoms with Gasteiger partial charge in [0.25, 0.3) is 0 Å². The smallest absolute Gasteiger partial charge is 0.244 e. The van der Waals surface area contributed by atoms with Gasteiger partial charge in [0.1, 0.15) is 48.0 Å². The normalized spacial score (nSPS) is 20.4. The molecule has 1 aliphatic rings. The number of benzene rings is 6. The number of primary amides is 1. The third-order valence-electron chi connectivity index (χ3n) is 14.7. The number of hydrogen-bond donors (Lipinski definition) is 12. The summed E-state index contributed by atoms with van der Waals surface area (Å²) in [6.45, 7) is 3.52. The Balaban J connectivity index is 1.14. The second kappa shape index (κ2) is 29.2. The number of carbonyl (C=O) groups is 8. The lowest BCUT2D eigenvalue weighted by Crippen LogP contribution is -2.61. The van der Waals surface area contributed by atoms with Gasteiger partial charge >= 0.3 is 0 Å². The van der Waals surface area contributed by atoms with Gasteiger partial charge in [0.05, 0.1) is 6.04 Å². The zero-order valence-corrected chi connectivity index (χ0v) is 48.2. The van der Waals surface area contributed by atoms with Crippen LogP contribution in [0.3, 0.4) is 0 Å². The number of phenolic OH excluding ortho intramolecular Hbond substituents is 1. The molecule has 0 radical (unpaired) electrons. The fourth-order valence-electron chi connectivity index (χ4n) is 9.95. The molecule has 6 aromatic carbocycles. The van der Waals surface area contributed by atoms with Crippen molar-refractivity contribution in [2.75, 3.05) is 18.1 Å². The van der Waals surface area contributed by atoms with E-state index in [1.807, 2.05) is 109 Å². The summed E-state index contributed by atoms with van der Waals surface area (Å²) in [6, 6.07) is 29.6. The fraction of sp³-hybridized carbons (Fsp3) is 0.323. The van der Waals surface area contributed by atoms with Crippen LogP contribution >= 0.6 is 21.6 Å². The number of nitrogens with two attached hydrogens (primary N) is 3. The molecule has 0 bridgehead atoms. The molecule has 22 heteroatoms. The number of carbonyl (C=O) groups excluding carboxylic acids is 8. The van der Waals surface area contributed by atoms with E-state index in [4.69, 9.17) is 17.2 Å². The van der Waals surface area contributed by atoms with Crippen molar-refractivity contribution < 1.29 is 43.5 Å². The third-order valence-corrected chi connectivity index (χ3v) is 17.1. The molecule has 8 rings (SSSR count). The molecule has 84 heavy (non-hydrogen) atoms. The van der Waals surface area contributed by atoms with Gasteiger partial charge in [0.2, 0.25) is 47.3 Å². The van der Waals surface area contributed by atoms with Crippen LogP contribution in [0.15, 0.2) is 140 Å². The molecule has 1 saturated heterocycles. The predicted molar refractivity (Wildman–Crippen MR) is 328 cm³/mol. The summed E-state index contributed by atoms with van der Waals surface area (Å²) in [5.74, 6) is -7.15. The number of fused-ring (bicyclic) bond motifs is 3. The fourth-order valence-corrected chi connectivity index (χ4v) is 12.3. The van der Waals surface area contributed by atoms with E-state index in [1.165, 1.54) is 12.1 Å². The number of amides is 8. The van der Waals surface area contributed by atoms with Gasteiger partial charge < -0.3 is 64.5 Å². The molecule has 1 aliphatic heterocycles. The third kappa shape index (κ3) is 16.6. The van der Waals surface area contributed by atoms with E-state index >= 15 is 0 Å². The van der Waals surface area contributed by atoms with E-state index in [-0.39, 0.29) is 62.3 Å². The molecule has 2 heterocycles. The van der Waals surface area contributed by atoms with Crippen LogP contribution in [0.2, 0.25) is 0 Å². The zero-order chi connectivity index (χ0) is 59.9. The molecule has 440 valence electrons. The quantitative estimate of drug-likeness (QED) is 0.0583. The first-order valence-corrected chi connectivity index (χ1v) is 30.3. The largest absolute Gasteiger partial charge is 0.508 e. The van der Waals surface area contributed by atoms with Gasteiger partial charge in [-0.25, -0.2) is 0 Å². The van der Waals surface area contributed by atoms with Crippen LogP contribution in [0.25, 0.3) is 32.4 Å². The molecular weight excluding hydrogens is 1110 g/mol. The summed E-state index contributed by atoms with van der Waals surface area (Å²) in [5, 5.41) is 34.4. The van der Waals surface area contributed by atoms with Crippen LogP contribution in [0.4, 0.5) is 0 Å². The molecule has 0 unspecified atom stereocenters. The van der Waals surface area contributed by atoms with Gasteiger partial charge in [0.15, 0.2) is 0 Å². The average molecular weight is 1180 g/mol. The van der Waals surface area contributed by atoms with Gasteiger partial charge in [-0.1, -0.05) is 151 Å². The summed E-state index contributed by atoms with van der Waals surface area (Å²) >= 11 is 0. The lowest BCUT2D eigenvalue weighted by Gasteiger charge is -2.29. The summed E-state index contributed by atoms with van der Waals surface area (Å²) in [6.07, 6.45) is 1.88. The van der Waals surface area contributed by atoms with Crippen molar-refractivity contribution >= 4 is 101 Å². The highest BCUT2D eigenvalue weighted by Crippen LogP contribution is 2.26. The first kappa shape index (κ1) is 61.6. The second-order valence-electron chi connectivity index (χ2n) is 21.3. The number of hydrogen-bond acceptors (Lipinski definition) is 13. The molecule has 15 N–H and O–H groups in total. The van der Waals surface area contributed by atoms with Crippen molar-refractivity contribution in [2.24, 2.45) is 23.1 Å². The number of phenols is 1. The van der Waals surface area contributed by atoms with Gasteiger partial charge in [0, 0.05) is 47.9 Å². The Bertz CT molecular complexity index is 3510. The number of aromatic amines is 1. The predicted octanol–water partition coefficient (Wildman–Crippen LogP) is 3.45. The number of rotatable bonds is 17. The summed E-state index contributed by atoms with van der Waals surface area (Å²) in [7, 11) is 2.13. The maximum atomic E-state index is 14.9. The number of aromatic nitrogens is 1. The van der Waals surface area contributed by atoms with Crippen molar-refractivity contribution in [1.82, 2.24) is 42.2 Å². The zero-order valence-electron chi connectivity index (χ0n) is 46.6. The Kier molecular flexibility index (Phi) is 21.4. The van der Waals surface area contributed by atoms with E-state index < -0.39 is 102 Å². The van der Waals surface area contributed by atoms with Crippen LogP contribution in [0.1, 0.15) is 48.9 Å². The maximum absolute atomic E-state index is 14.9. The Labute approximate surface area is 494 Å². The molecule has 7 aromatic rings. The minimum atomic E-state index is -1.41. The lowest BCUT2D eigenvalue weighted by atomic mass is 10.00. The highest BCUT2D eigenvalue weighted by molar-refractivity contribution is 8.76. The van der Waals surface area contributed by atoms with Crippen LogP contribution in [-0.2, 0) is 64.0 Å². The van der Waals surface area contributed by atoms with E-state index in [9.17, 15) is 43.5 Å². The van der Waals surface area contributed by atoms with Crippen LogP contribution in [0.5, 0.6) is 5.75 Å². The average Bonchev–Trinajstić information content (AvgIpc) is 4.10. The second-order valence-corrected chi connectivity index (χ2v) is 23.9. The van der Waals surface area contributed by atoms with E-state index in [2.05, 4.69) is 42.2 Å². The van der Waals surface area contributed by atoms with Gasteiger partial charge in [-0.15, -0.1) is 0 Å². The van der Waals surface area contributed by atoms with Gasteiger partial charge in [-0.3, -0.25) is 38.4 Å². The first-order valence-electron chi connectivity index (χ1n) is 27.8. The molecule has 20 nitrogen and oxygen atoms in total. The van der Waals surface area contributed by atoms with E-state index in [0.717, 1.165) is 59.6 Å². The molecule has 1 fully saturated rings. The number of para-hydroxylation sites is 1. The van der Waals surface area contributed by atoms with E-state index in [1.54, 1.807) is 32.2 Å². The molecule has 8 amide bonds. The molecule has 1 aromatic heterocycles. The van der Waals surface area contributed by atoms with Crippen LogP contribution in [0, 0.1) is 5.92 Å². The lowest BCUT2D eigenvalue weighted by molar-refractivity contribution is -0.136. The highest BCUT2D eigenvalue weighted by atomic mass is 33.1. The van der Waals surface area contributed by atoms with Crippen molar-refractivity contribution in [1.29, 1.82) is 0 Å². The van der Waals surface area contributed by atoms with Crippen molar-refractivity contribution in [3.05, 3.63) is 162 Å². The minimum Gasteiger partial charge on any atom is -0.508 e. The summed E-state index contributed by atoms with van der Waals surface area (Å²) < 4.78 is 0. The van der Waals surface area contributed by atoms with Crippen LogP contribution < -0.4 is 54.4 Å². The number of aromatic hydroxyl groups is 1. The Hall–Kier alpha value is -8.44. The maximum Gasteiger partial charge on any atom is 0.244 e. The number of H-pyrrole nitrogens is 1. The molecule has 0 aliphatic carbocycles. The van der Waals surface area contributed by atoms with Crippen LogP contribution in [-0.4, -0.2) is 124 Å². The van der Waals surface area contributed by atoms with Crippen molar-refractivity contribution in [2.45, 2.75) is 101 Å². The Morgan fingerprint density at radius 3 is 1.83 bits per heavy atom. The standard InChI is InChI=1S/C62H71N11O9S2/c1-35(2)54-62(82)72-53(60(80)68-49(55(65)75)30-38-18-22-40-11-4-6-13-42(40)27-38)34-84-83-33-52(71-56(76)46(64)28-37-17-21-39-10-3-5-12-41(39)26-37)61(81)69-50(29-36-19-23-44(74)24-20-36)58(78)70-51(31-43-32-66-47-15-8-7-14-45(43)47)59(79)67-48(16-9-25-63)57(77)73-54/h3-8,10-15,17-24,26-27,32,35,46,48-54,66,74H,9,16,25,28-31,33-34,63-64H2,1-2H3,(H2,65,75)(H,67,79)(H,68,80)(H,69,81)(H,70,78)(H,71,76)(H,72,82)(H,73,77)/t46-,48+,49-,50+,51+,52+,53+,54+/m1/s1. The number of nitrogens with one attached hydrogen (secondary N) is 8. The molecule has 0 saturated carbocycles. The monoisotopic (exact) mass is 1180 g/mol. The summed E-state index contributed by atoms with van der Waals surface area (Å²) in [4.78, 5) is 119. The molecular formula is C62H71N11O9S2. The van der Waals surface area contributed by atoms with Crippen molar-refractivity contribution in [3.8, 4) is 5.75 Å². The topological polar surface area (TPSA) is 335 Å². The minimum absolute atomic E-state index is 0.0168. The highest BCUT2D eigenvalue weighted by Gasteiger charge is 2.36. The van der Waals surface area contributed by atoms with Gasteiger partial charge in [-0.2, -0.15) is 0 Å². The Morgan fingerprint density at radius 1 is 0.631 bits per heavy atom. The first-order chi connectivity index (χ1) is 40.4. The molecule has 8 atom stereocenters. The van der Waals surface area contributed by atoms with Crippen molar-refractivity contribution in [3.63, 3.8) is 0 Å². The van der Waals surface area contributed by atoms with E-state index in [0.29, 0.717) is 16.7 Å².